The van der Waals surface area contributed by atoms with Crippen LogP contribution in [0.3, 0.4) is 0 Å². The van der Waals surface area contributed by atoms with Gasteiger partial charge in [-0.1, -0.05) is 54.6 Å². The van der Waals surface area contributed by atoms with E-state index < -0.39 is 5.60 Å². The molecule has 2 unspecified atom stereocenters. The molecule has 23 heavy (non-hydrogen) atoms. The molecule has 4 heteroatoms. The zero-order valence-electron chi connectivity index (χ0n) is 13.4. The smallest absolute Gasteiger partial charge is 0.121 e. The van der Waals surface area contributed by atoms with Crippen LogP contribution < -0.4 is 5.32 Å². The predicted octanol–water partition coefficient (Wildman–Crippen LogP) is 2.84. The van der Waals surface area contributed by atoms with E-state index in [1.54, 1.807) is 0 Å². The summed E-state index contributed by atoms with van der Waals surface area (Å²) < 4.78 is 5.90. The molecule has 3 rings (SSSR count). The maximum atomic E-state index is 11.5. The van der Waals surface area contributed by atoms with Crippen LogP contribution in [0.2, 0.25) is 0 Å². The highest BCUT2D eigenvalue weighted by molar-refractivity contribution is 5.85. The molecule has 0 spiro atoms. The lowest BCUT2D eigenvalue weighted by atomic mass is 9.81. The molecule has 124 valence electrons. The van der Waals surface area contributed by atoms with Gasteiger partial charge in [-0.3, -0.25) is 0 Å². The average molecular weight is 334 g/mol. The van der Waals surface area contributed by atoms with Crippen molar-refractivity contribution in [2.75, 3.05) is 19.7 Å². The number of rotatable bonds is 4. The van der Waals surface area contributed by atoms with Crippen LogP contribution in [0.25, 0.3) is 0 Å². The van der Waals surface area contributed by atoms with E-state index in [0.29, 0.717) is 19.6 Å². The summed E-state index contributed by atoms with van der Waals surface area (Å²) >= 11 is 0. The van der Waals surface area contributed by atoms with Crippen LogP contribution in [0.15, 0.2) is 54.6 Å². The summed E-state index contributed by atoms with van der Waals surface area (Å²) in [4.78, 5) is 0. The van der Waals surface area contributed by atoms with Gasteiger partial charge in [-0.25, -0.2) is 0 Å². The number of hydrogen-bond donors (Lipinski definition) is 2. The summed E-state index contributed by atoms with van der Waals surface area (Å²) in [6.45, 7) is 4.22. The van der Waals surface area contributed by atoms with Crippen LogP contribution in [-0.4, -0.2) is 30.9 Å². The molecule has 0 amide bonds. The Kier molecular flexibility index (Phi) is 6.19. The van der Waals surface area contributed by atoms with E-state index in [9.17, 15) is 5.11 Å². The Morgan fingerprint density at radius 1 is 1.13 bits per heavy atom. The fraction of sp³-hybridized carbons (Fsp3) is 0.368. The molecule has 0 saturated carbocycles. The molecule has 1 aliphatic rings. The van der Waals surface area contributed by atoms with Crippen LogP contribution in [0.5, 0.6) is 0 Å². The van der Waals surface area contributed by atoms with Gasteiger partial charge in [0, 0.05) is 19.5 Å². The van der Waals surface area contributed by atoms with E-state index in [2.05, 4.69) is 24.4 Å². The lowest BCUT2D eigenvalue weighted by Gasteiger charge is -2.39. The monoisotopic (exact) mass is 333 g/mol. The number of aryl methyl sites for hydroxylation is 1. The van der Waals surface area contributed by atoms with Crippen molar-refractivity contribution in [1.82, 2.24) is 5.32 Å². The second kappa shape index (κ2) is 7.93. The second-order valence-electron chi connectivity index (χ2n) is 5.96. The Hall–Kier alpha value is -1.39. The molecule has 2 aromatic carbocycles. The number of ether oxygens (including phenoxy) is 1. The first kappa shape index (κ1) is 18.0. The molecule has 2 N–H and O–H groups in total. The summed E-state index contributed by atoms with van der Waals surface area (Å²) in [5, 5.41) is 14.8. The van der Waals surface area contributed by atoms with Gasteiger partial charge in [0.2, 0.25) is 0 Å². The average Bonchev–Trinajstić information content (AvgIpc) is 2.58. The summed E-state index contributed by atoms with van der Waals surface area (Å²) in [5.41, 5.74) is 2.23. The molecule has 1 heterocycles. The zero-order chi connectivity index (χ0) is 15.4. The third-order valence-corrected chi connectivity index (χ3v) is 4.46. The van der Waals surface area contributed by atoms with E-state index in [4.69, 9.17) is 4.74 Å². The van der Waals surface area contributed by atoms with Crippen molar-refractivity contribution in [3.63, 3.8) is 0 Å². The molecule has 1 saturated heterocycles. The number of hydrogen-bond acceptors (Lipinski definition) is 3. The summed E-state index contributed by atoms with van der Waals surface area (Å²) in [5.74, 6) is 0. The Balaban J connectivity index is 0.00000192. The maximum Gasteiger partial charge on any atom is 0.121 e. The van der Waals surface area contributed by atoms with Gasteiger partial charge >= 0.3 is 0 Å². The molecular formula is C19H24ClNO2. The highest BCUT2D eigenvalue weighted by atomic mass is 35.5. The van der Waals surface area contributed by atoms with Crippen LogP contribution in [0.4, 0.5) is 0 Å². The van der Waals surface area contributed by atoms with Crippen molar-refractivity contribution in [2.45, 2.75) is 25.0 Å². The van der Waals surface area contributed by atoms with E-state index in [-0.39, 0.29) is 18.5 Å². The van der Waals surface area contributed by atoms with Gasteiger partial charge in [0.15, 0.2) is 0 Å². The highest BCUT2D eigenvalue weighted by Gasteiger charge is 2.40. The van der Waals surface area contributed by atoms with Crippen molar-refractivity contribution in [2.24, 2.45) is 0 Å². The Bertz CT molecular complexity index is 614. The molecular weight excluding hydrogens is 310 g/mol. The van der Waals surface area contributed by atoms with Crippen LogP contribution in [-0.2, 0) is 16.8 Å². The number of halogens is 1. The fourth-order valence-electron chi connectivity index (χ4n) is 3.10. The van der Waals surface area contributed by atoms with Crippen molar-refractivity contribution in [3.05, 3.63) is 71.3 Å². The van der Waals surface area contributed by atoms with Crippen molar-refractivity contribution in [3.8, 4) is 0 Å². The second-order valence-corrected chi connectivity index (χ2v) is 5.96. The van der Waals surface area contributed by atoms with Crippen molar-refractivity contribution >= 4 is 12.4 Å². The minimum atomic E-state index is -1.03. The van der Waals surface area contributed by atoms with Crippen LogP contribution in [0, 0.1) is 6.92 Å². The predicted molar refractivity (Wildman–Crippen MR) is 95.1 cm³/mol. The van der Waals surface area contributed by atoms with Gasteiger partial charge in [-0.2, -0.15) is 0 Å². The fourth-order valence-corrected chi connectivity index (χ4v) is 3.10. The molecule has 1 fully saturated rings. The third kappa shape index (κ3) is 3.93. The lowest BCUT2D eigenvalue weighted by Crippen LogP contribution is -2.52. The van der Waals surface area contributed by atoms with Crippen molar-refractivity contribution in [1.29, 1.82) is 0 Å². The standard InChI is InChI=1S/C19H23NO2.ClH/c1-15-7-5-6-8-16(15)13-19(21,17-9-3-2-4-10-17)18-14-20-11-12-22-18;/h2-10,18,20-21H,11-14H2,1H3;1H. The number of nitrogens with one attached hydrogen (secondary N) is 1. The quantitative estimate of drug-likeness (QED) is 0.904. The largest absolute Gasteiger partial charge is 0.382 e. The summed E-state index contributed by atoms with van der Waals surface area (Å²) in [6.07, 6.45) is 0.305. The van der Waals surface area contributed by atoms with Crippen LogP contribution >= 0.6 is 12.4 Å². The van der Waals surface area contributed by atoms with E-state index in [0.717, 1.165) is 17.7 Å². The van der Waals surface area contributed by atoms with Crippen molar-refractivity contribution < 1.29 is 9.84 Å². The summed E-state index contributed by atoms with van der Waals surface area (Å²) in [6, 6.07) is 18.1. The molecule has 0 aromatic heterocycles. The van der Waals surface area contributed by atoms with Gasteiger partial charge in [0.1, 0.15) is 11.7 Å². The first-order valence-corrected chi connectivity index (χ1v) is 7.85. The minimum Gasteiger partial charge on any atom is -0.382 e. The Morgan fingerprint density at radius 3 is 2.48 bits per heavy atom. The van der Waals surface area contributed by atoms with Gasteiger partial charge in [-0.05, 0) is 23.6 Å². The molecule has 2 atom stereocenters. The first-order chi connectivity index (χ1) is 10.7. The highest BCUT2D eigenvalue weighted by Crippen LogP contribution is 2.32. The topological polar surface area (TPSA) is 41.5 Å². The maximum absolute atomic E-state index is 11.5. The normalized spacial score (nSPS) is 20.3. The molecule has 0 bridgehead atoms. The van der Waals surface area contributed by atoms with E-state index in [1.165, 1.54) is 5.56 Å². The van der Waals surface area contributed by atoms with Crippen LogP contribution in [0.1, 0.15) is 16.7 Å². The van der Waals surface area contributed by atoms with Gasteiger partial charge in [0.05, 0.1) is 6.61 Å². The molecule has 1 aliphatic heterocycles. The van der Waals surface area contributed by atoms with Gasteiger partial charge in [0.25, 0.3) is 0 Å². The lowest BCUT2D eigenvalue weighted by molar-refractivity contribution is -0.124. The molecule has 3 nitrogen and oxygen atoms in total. The Morgan fingerprint density at radius 2 is 1.83 bits per heavy atom. The van der Waals surface area contributed by atoms with E-state index >= 15 is 0 Å². The van der Waals surface area contributed by atoms with Gasteiger partial charge in [-0.15, -0.1) is 12.4 Å². The van der Waals surface area contributed by atoms with Gasteiger partial charge < -0.3 is 15.2 Å². The first-order valence-electron chi connectivity index (χ1n) is 7.85. The number of morpholine rings is 1. The molecule has 0 aliphatic carbocycles. The van der Waals surface area contributed by atoms with E-state index in [1.807, 2.05) is 42.5 Å². The summed E-state index contributed by atoms with van der Waals surface area (Å²) in [7, 11) is 0. The SMILES string of the molecule is Cc1ccccc1CC(O)(c1ccccc1)C1CNCCO1.Cl. The molecule has 2 aromatic rings. The zero-order valence-corrected chi connectivity index (χ0v) is 14.2. The Labute approximate surface area is 144 Å². The number of benzene rings is 2. The molecule has 0 radical (unpaired) electrons. The third-order valence-electron chi connectivity index (χ3n) is 4.46. The number of aliphatic hydroxyl groups is 1. The minimum absolute atomic E-state index is 0.